The van der Waals surface area contributed by atoms with Gasteiger partial charge in [-0.25, -0.2) is 0 Å². The largest absolute Gasteiger partial charge is 0.493 e. The van der Waals surface area contributed by atoms with E-state index in [1.54, 1.807) is 24.3 Å². The molecular weight excluding hydrogens is 305 g/mol. The lowest BCUT2D eigenvalue weighted by molar-refractivity contribution is -0.137. The number of benzene rings is 2. The first-order valence-electron chi connectivity index (χ1n) is 7.36. The van der Waals surface area contributed by atoms with Crippen LogP contribution in [0.4, 0.5) is 13.2 Å². The minimum Gasteiger partial charge on any atom is -0.493 e. The molecule has 0 amide bonds. The van der Waals surface area contributed by atoms with Crippen molar-refractivity contribution >= 4 is 6.29 Å². The standard InChI is InChI=1S/C18H15F3O2/c19-18(20,21)16-3-1-2-14(8-16)15-6-13(10-22)7-17(9-15)23-11-12-4-5-12/h1-3,6-10,12H,4-5,11H2. The zero-order valence-corrected chi connectivity index (χ0v) is 12.3. The van der Waals surface area contributed by atoms with Crippen LogP contribution in [0.25, 0.3) is 11.1 Å². The van der Waals surface area contributed by atoms with Crippen LogP contribution >= 0.6 is 0 Å². The van der Waals surface area contributed by atoms with Gasteiger partial charge in [0.05, 0.1) is 12.2 Å². The minimum absolute atomic E-state index is 0.380. The van der Waals surface area contributed by atoms with Crippen molar-refractivity contribution in [3.8, 4) is 16.9 Å². The molecule has 0 spiro atoms. The van der Waals surface area contributed by atoms with Gasteiger partial charge >= 0.3 is 6.18 Å². The van der Waals surface area contributed by atoms with Crippen molar-refractivity contribution in [3.05, 3.63) is 53.6 Å². The molecule has 0 atom stereocenters. The van der Waals surface area contributed by atoms with Crippen molar-refractivity contribution in [2.45, 2.75) is 19.0 Å². The Morgan fingerprint density at radius 1 is 1.09 bits per heavy atom. The van der Waals surface area contributed by atoms with Gasteiger partial charge in [0.15, 0.2) is 0 Å². The van der Waals surface area contributed by atoms with Gasteiger partial charge in [-0.3, -0.25) is 4.79 Å². The van der Waals surface area contributed by atoms with E-state index in [-0.39, 0.29) is 0 Å². The highest BCUT2D eigenvalue weighted by atomic mass is 19.4. The van der Waals surface area contributed by atoms with Crippen LogP contribution in [0.3, 0.4) is 0 Å². The molecule has 0 radical (unpaired) electrons. The van der Waals surface area contributed by atoms with E-state index < -0.39 is 11.7 Å². The number of carbonyl (C=O) groups excluding carboxylic acids is 1. The molecular formula is C18H15F3O2. The number of ether oxygens (including phenoxy) is 1. The lowest BCUT2D eigenvalue weighted by Gasteiger charge is -2.11. The topological polar surface area (TPSA) is 26.3 Å². The molecule has 3 rings (SSSR count). The zero-order valence-electron chi connectivity index (χ0n) is 12.3. The fourth-order valence-corrected chi connectivity index (χ4v) is 2.31. The quantitative estimate of drug-likeness (QED) is 0.727. The molecule has 5 heteroatoms. The van der Waals surface area contributed by atoms with E-state index in [9.17, 15) is 18.0 Å². The lowest BCUT2D eigenvalue weighted by atomic mass is 10.0. The average Bonchev–Trinajstić information content (AvgIpc) is 3.36. The van der Waals surface area contributed by atoms with Gasteiger partial charge in [-0.2, -0.15) is 13.2 Å². The predicted octanol–water partition coefficient (Wildman–Crippen LogP) is 4.97. The van der Waals surface area contributed by atoms with Gasteiger partial charge in [0.25, 0.3) is 0 Å². The van der Waals surface area contributed by atoms with Crippen LogP contribution in [0.2, 0.25) is 0 Å². The predicted molar refractivity (Wildman–Crippen MR) is 80.5 cm³/mol. The Hall–Kier alpha value is -2.30. The van der Waals surface area contributed by atoms with Crippen LogP contribution < -0.4 is 4.74 Å². The Morgan fingerprint density at radius 2 is 1.87 bits per heavy atom. The first-order valence-corrected chi connectivity index (χ1v) is 7.36. The Morgan fingerprint density at radius 3 is 2.52 bits per heavy atom. The number of alkyl halides is 3. The number of hydrogen-bond donors (Lipinski definition) is 0. The van der Waals surface area contributed by atoms with Crippen molar-refractivity contribution in [2.75, 3.05) is 6.61 Å². The van der Waals surface area contributed by atoms with Crippen LogP contribution in [0.1, 0.15) is 28.8 Å². The molecule has 1 saturated carbocycles. The third kappa shape index (κ3) is 3.92. The summed E-state index contributed by atoms with van der Waals surface area (Å²) in [5.74, 6) is 1.06. The molecule has 1 aliphatic rings. The van der Waals surface area contributed by atoms with Crippen LogP contribution in [0, 0.1) is 5.92 Å². The van der Waals surface area contributed by atoms with Crippen LogP contribution in [0.15, 0.2) is 42.5 Å². The van der Waals surface area contributed by atoms with Gasteiger partial charge < -0.3 is 4.74 Å². The second-order valence-corrected chi connectivity index (χ2v) is 5.74. The zero-order chi connectivity index (χ0) is 16.4. The second kappa shape index (κ2) is 6.07. The lowest BCUT2D eigenvalue weighted by Crippen LogP contribution is -2.04. The Kier molecular flexibility index (Phi) is 4.11. The SMILES string of the molecule is O=Cc1cc(OCC2CC2)cc(-c2cccc(C(F)(F)F)c2)c1. The Balaban J connectivity index is 1.94. The summed E-state index contributed by atoms with van der Waals surface area (Å²) in [6.07, 6.45) is -1.47. The molecule has 1 aliphatic carbocycles. The van der Waals surface area contributed by atoms with E-state index in [0.29, 0.717) is 41.3 Å². The molecule has 2 nitrogen and oxygen atoms in total. The van der Waals surface area contributed by atoms with Crippen LogP contribution in [0.5, 0.6) is 5.75 Å². The van der Waals surface area contributed by atoms with Crippen LogP contribution in [-0.2, 0) is 6.18 Å². The number of hydrogen-bond acceptors (Lipinski definition) is 2. The van der Waals surface area contributed by atoms with Gasteiger partial charge in [0.2, 0.25) is 0 Å². The maximum absolute atomic E-state index is 12.8. The van der Waals surface area contributed by atoms with Gasteiger partial charge in [0.1, 0.15) is 12.0 Å². The van der Waals surface area contributed by atoms with Gasteiger partial charge in [0, 0.05) is 5.56 Å². The smallest absolute Gasteiger partial charge is 0.416 e. The minimum atomic E-state index is -4.40. The maximum atomic E-state index is 12.8. The second-order valence-electron chi connectivity index (χ2n) is 5.74. The summed E-state index contributed by atoms with van der Waals surface area (Å²) in [7, 11) is 0. The average molecular weight is 320 g/mol. The maximum Gasteiger partial charge on any atom is 0.416 e. The number of rotatable bonds is 5. The van der Waals surface area contributed by atoms with Crippen molar-refractivity contribution in [1.82, 2.24) is 0 Å². The van der Waals surface area contributed by atoms with Crippen LogP contribution in [-0.4, -0.2) is 12.9 Å². The summed E-state index contributed by atoms with van der Waals surface area (Å²) >= 11 is 0. The number of carbonyl (C=O) groups is 1. The molecule has 0 aromatic heterocycles. The van der Waals surface area contributed by atoms with E-state index in [4.69, 9.17) is 4.74 Å². The number of halogens is 3. The molecule has 120 valence electrons. The van der Waals surface area contributed by atoms with E-state index >= 15 is 0 Å². The van der Waals surface area contributed by atoms with E-state index in [1.807, 2.05) is 0 Å². The molecule has 0 aliphatic heterocycles. The first kappa shape index (κ1) is 15.6. The van der Waals surface area contributed by atoms with Crippen molar-refractivity contribution in [1.29, 1.82) is 0 Å². The third-order valence-electron chi connectivity index (χ3n) is 3.77. The van der Waals surface area contributed by atoms with E-state index in [2.05, 4.69) is 0 Å². The monoisotopic (exact) mass is 320 g/mol. The summed E-state index contributed by atoms with van der Waals surface area (Å²) in [5, 5.41) is 0. The fourth-order valence-electron chi connectivity index (χ4n) is 2.31. The molecule has 0 saturated heterocycles. The van der Waals surface area contributed by atoms with E-state index in [1.165, 1.54) is 6.07 Å². The summed E-state index contributed by atoms with van der Waals surface area (Å²) in [6, 6.07) is 9.89. The summed E-state index contributed by atoms with van der Waals surface area (Å²) in [4.78, 5) is 11.1. The first-order chi connectivity index (χ1) is 11.0. The molecule has 0 heterocycles. The van der Waals surface area contributed by atoms with Gasteiger partial charge in [-0.1, -0.05) is 12.1 Å². The summed E-state index contributed by atoms with van der Waals surface area (Å²) < 4.78 is 44.2. The van der Waals surface area contributed by atoms with Crippen molar-refractivity contribution in [2.24, 2.45) is 5.92 Å². The Labute approximate surface area is 131 Å². The van der Waals surface area contributed by atoms with Gasteiger partial charge in [-0.15, -0.1) is 0 Å². The summed E-state index contributed by atoms with van der Waals surface area (Å²) in [5.41, 5.74) is 0.601. The molecule has 2 aromatic carbocycles. The molecule has 0 N–H and O–H groups in total. The third-order valence-corrected chi connectivity index (χ3v) is 3.77. The molecule has 2 aromatic rings. The highest BCUT2D eigenvalue weighted by molar-refractivity contribution is 5.80. The number of aldehydes is 1. The molecule has 0 bridgehead atoms. The highest BCUT2D eigenvalue weighted by Gasteiger charge is 2.30. The normalized spacial score (nSPS) is 14.6. The Bertz CT molecular complexity index is 718. The fraction of sp³-hybridized carbons (Fsp3) is 0.278. The van der Waals surface area contributed by atoms with Gasteiger partial charge in [-0.05, 0) is 60.2 Å². The van der Waals surface area contributed by atoms with E-state index in [0.717, 1.165) is 25.0 Å². The summed E-state index contributed by atoms with van der Waals surface area (Å²) in [6.45, 7) is 0.574. The van der Waals surface area contributed by atoms with Crippen molar-refractivity contribution in [3.63, 3.8) is 0 Å². The molecule has 0 unspecified atom stereocenters. The highest BCUT2D eigenvalue weighted by Crippen LogP contribution is 2.34. The molecule has 23 heavy (non-hydrogen) atoms. The van der Waals surface area contributed by atoms with Crippen molar-refractivity contribution < 1.29 is 22.7 Å². The molecule has 1 fully saturated rings.